The number of benzene rings is 2. The minimum Gasteiger partial charge on any atom is -0.493 e. The maximum atomic E-state index is 12.6. The number of hydrogen-bond acceptors (Lipinski definition) is 6. The molecule has 7 nitrogen and oxygen atoms in total. The van der Waals surface area contributed by atoms with E-state index in [1.54, 1.807) is 18.2 Å². The summed E-state index contributed by atoms with van der Waals surface area (Å²) in [5, 5.41) is 12.5. The van der Waals surface area contributed by atoms with E-state index in [0.717, 1.165) is 31.2 Å². The second kappa shape index (κ2) is 10.5. The van der Waals surface area contributed by atoms with E-state index in [9.17, 15) is 18.5 Å². The number of nitriles is 1. The summed E-state index contributed by atoms with van der Waals surface area (Å²) >= 11 is 0. The Morgan fingerprint density at radius 2 is 1.82 bits per heavy atom. The van der Waals surface area contributed by atoms with Gasteiger partial charge < -0.3 is 14.2 Å². The molecule has 33 heavy (non-hydrogen) atoms. The predicted molar refractivity (Wildman–Crippen MR) is 125 cm³/mol. The fraction of sp³-hybridized carbons (Fsp3) is 0.360. The summed E-state index contributed by atoms with van der Waals surface area (Å²) in [5.41, 5.74) is 1.41. The quantitative estimate of drug-likeness (QED) is 0.367. The Bertz CT molecular complexity index is 1180. The van der Waals surface area contributed by atoms with Crippen molar-refractivity contribution in [1.82, 2.24) is 5.32 Å². The Balaban J connectivity index is 1.80. The zero-order valence-electron chi connectivity index (χ0n) is 19.0. The topological polar surface area (TPSA) is 105 Å². The number of rotatable bonds is 7. The first-order valence-corrected chi connectivity index (χ1v) is 12.3. The van der Waals surface area contributed by atoms with Crippen molar-refractivity contribution < 1.29 is 22.1 Å². The molecule has 0 bridgehead atoms. The van der Waals surface area contributed by atoms with E-state index in [2.05, 4.69) is 12.2 Å². The molecule has 1 N–H and O–H groups in total. The monoisotopic (exact) mass is 468 g/mol. The Hall–Kier alpha value is -3.31. The molecule has 1 amide bonds. The molecule has 3 rings (SSSR count). The first-order valence-electron chi connectivity index (χ1n) is 10.9. The van der Waals surface area contributed by atoms with E-state index in [-0.39, 0.29) is 28.0 Å². The Morgan fingerprint density at radius 3 is 2.45 bits per heavy atom. The Kier molecular flexibility index (Phi) is 7.77. The molecule has 1 fully saturated rings. The Labute approximate surface area is 195 Å². The van der Waals surface area contributed by atoms with Gasteiger partial charge in [0.05, 0.1) is 7.11 Å². The van der Waals surface area contributed by atoms with Crippen LogP contribution in [0.2, 0.25) is 0 Å². The highest BCUT2D eigenvalue weighted by Gasteiger charge is 2.24. The van der Waals surface area contributed by atoms with Gasteiger partial charge in [-0.2, -0.15) is 13.7 Å². The van der Waals surface area contributed by atoms with Crippen molar-refractivity contribution in [3.63, 3.8) is 0 Å². The number of amides is 1. The van der Waals surface area contributed by atoms with Crippen molar-refractivity contribution in [2.75, 3.05) is 7.11 Å². The van der Waals surface area contributed by atoms with Gasteiger partial charge in [0.15, 0.2) is 11.5 Å². The SMILES string of the molecule is COc1cc(/C=C(/C#N)C(=O)N[C@@H]2CCCC[C@@H]2C)ccc1OS(=O)(=O)c1ccc(C)cc1. The number of ether oxygens (including phenoxy) is 1. The van der Waals surface area contributed by atoms with Crippen molar-refractivity contribution in [3.8, 4) is 17.6 Å². The Morgan fingerprint density at radius 1 is 1.12 bits per heavy atom. The number of nitrogens with zero attached hydrogens (tertiary/aromatic N) is 1. The van der Waals surface area contributed by atoms with Gasteiger partial charge >= 0.3 is 10.1 Å². The summed E-state index contributed by atoms with van der Waals surface area (Å²) < 4.78 is 35.8. The lowest BCUT2D eigenvalue weighted by molar-refractivity contribution is -0.118. The highest BCUT2D eigenvalue weighted by molar-refractivity contribution is 7.87. The van der Waals surface area contributed by atoms with E-state index in [0.29, 0.717) is 11.5 Å². The van der Waals surface area contributed by atoms with E-state index < -0.39 is 16.0 Å². The van der Waals surface area contributed by atoms with Gasteiger partial charge in [-0.3, -0.25) is 4.79 Å². The van der Waals surface area contributed by atoms with E-state index in [1.165, 1.54) is 37.5 Å². The summed E-state index contributed by atoms with van der Waals surface area (Å²) in [7, 11) is -2.66. The maximum absolute atomic E-state index is 12.6. The van der Waals surface area contributed by atoms with Crippen LogP contribution in [0.4, 0.5) is 0 Å². The normalized spacial score (nSPS) is 18.8. The summed E-state index contributed by atoms with van der Waals surface area (Å²) in [6.07, 6.45) is 5.62. The minimum atomic E-state index is -4.05. The molecular weight excluding hydrogens is 440 g/mol. The second-order valence-electron chi connectivity index (χ2n) is 8.27. The molecule has 0 heterocycles. The standard InChI is InChI=1S/C25H28N2O5S/c1-17-8-11-21(12-9-17)33(29,30)32-23-13-10-19(15-24(23)31-3)14-20(16-26)25(28)27-22-7-5-4-6-18(22)2/h8-15,18,22H,4-7H2,1-3H3,(H,27,28)/b20-14-/t18-,22+/m0/s1. The summed E-state index contributed by atoms with van der Waals surface area (Å²) in [6, 6.07) is 12.8. The molecule has 1 aliphatic carbocycles. The van der Waals surface area contributed by atoms with Gasteiger partial charge in [0.1, 0.15) is 16.5 Å². The van der Waals surface area contributed by atoms with E-state index in [1.807, 2.05) is 13.0 Å². The molecule has 0 saturated heterocycles. The number of carbonyl (C=O) groups excluding carboxylic acids is 1. The van der Waals surface area contributed by atoms with E-state index >= 15 is 0 Å². The van der Waals surface area contributed by atoms with Crippen LogP contribution in [0.25, 0.3) is 6.08 Å². The lowest BCUT2D eigenvalue weighted by Crippen LogP contribution is -2.41. The zero-order chi connectivity index (χ0) is 24.0. The zero-order valence-corrected chi connectivity index (χ0v) is 19.8. The van der Waals surface area contributed by atoms with Gasteiger partial charge in [0.25, 0.3) is 5.91 Å². The number of carbonyl (C=O) groups is 1. The lowest BCUT2D eigenvalue weighted by atomic mass is 9.86. The number of aryl methyl sites for hydroxylation is 1. The van der Waals surface area contributed by atoms with Crippen LogP contribution in [0, 0.1) is 24.2 Å². The fourth-order valence-electron chi connectivity index (χ4n) is 3.81. The van der Waals surface area contributed by atoms with Crippen LogP contribution in [0.15, 0.2) is 52.9 Å². The molecule has 174 valence electrons. The van der Waals surface area contributed by atoms with Crippen LogP contribution >= 0.6 is 0 Å². The van der Waals surface area contributed by atoms with Crippen molar-refractivity contribution in [1.29, 1.82) is 5.26 Å². The molecule has 0 aliphatic heterocycles. The highest BCUT2D eigenvalue weighted by atomic mass is 32.2. The third kappa shape index (κ3) is 6.14. The van der Waals surface area contributed by atoms with Crippen LogP contribution in [-0.4, -0.2) is 27.5 Å². The molecule has 2 aromatic carbocycles. The summed E-state index contributed by atoms with van der Waals surface area (Å²) in [5.74, 6) is 0.124. The average molecular weight is 469 g/mol. The fourth-order valence-corrected chi connectivity index (χ4v) is 4.75. The van der Waals surface area contributed by atoms with Crippen molar-refractivity contribution in [3.05, 3.63) is 59.2 Å². The molecule has 0 spiro atoms. The first-order chi connectivity index (χ1) is 15.7. The van der Waals surface area contributed by atoms with Gasteiger partial charge in [-0.1, -0.05) is 43.5 Å². The van der Waals surface area contributed by atoms with Crippen molar-refractivity contribution in [2.45, 2.75) is 50.5 Å². The summed E-state index contributed by atoms with van der Waals surface area (Å²) in [4.78, 5) is 12.7. The molecule has 2 aromatic rings. The predicted octanol–water partition coefficient (Wildman–Crippen LogP) is 4.37. The second-order valence-corrected chi connectivity index (χ2v) is 9.82. The smallest absolute Gasteiger partial charge is 0.339 e. The third-order valence-corrected chi connectivity index (χ3v) is 7.05. The third-order valence-electron chi connectivity index (χ3n) is 5.80. The molecule has 8 heteroatoms. The molecule has 1 saturated carbocycles. The largest absolute Gasteiger partial charge is 0.493 e. The van der Waals surface area contributed by atoms with E-state index in [4.69, 9.17) is 8.92 Å². The number of nitrogens with one attached hydrogen (secondary N) is 1. The van der Waals surface area contributed by atoms with Crippen molar-refractivity contribution in [2.24, 2.45) is 5.92 Å². The van der Waals surface area contributed by atoms with Crippen molar-refractivity contribution >= 4 is 22.1 Å². The summed E-state index contributed by atoms with van der Waals surface area (Å²) in [6.45, 7) is 3.96. The number of hydrogen-bond donors (Lipinski definition) is 1. The van der Waals surface area contributed by atoms with Crippen LogP contribution < -0.4 is 14.2 Å². The van der Waals surface area contributed by atoms with Crippen LogP contribution in [0.1, 0.15) is 43.7 Å². The van der Waals surface area contributed by atoms with Gasteiger partial charge in [0.2, 0.25) is 0 Å². The first kappa shape index (κ1) is 24.3. The molecule has 0 unspecified atom stereocenters. The molecule has 2 atom stereocenters. The van der Waals surface area contributed by atoms with Crippen LogP contribution in [0.3, 0.4) is 0 Å². The molecule has 1 aliphatic rings. The minimum absolute atomic E-state index is 0.00853. The van der Waals surface area contributed by atoms with Gasteiger partial charge in [0, 0.05) is 6.04 Å². The van der Waals surface area contributed by atoms with Gasteiger partial charge in [-0.25, -0.2) is 0 Å². The maximum Gasteiger partial charge on any atom is 0.339 e. The average Bonchev–Trinajstić information content (AvgIpc) is 2.79. The molecule has 0 aromatic heterocycles. The van der Waals surface area contributed by atoms with Crippen LogP contribution in [-0.2, 0) is 14.9 Å². The van der Waals surface area contributed by atoms with Gasteiger partial charge in [-0.15, -0.1) is 0 Å². The van der Waals surface area contributed by atoms with Gasteiger partial charge in [-0.05, 0) is 61.6 Å². The number of methoxy groups -OCH3 is 1. The lowest BCUT2D eigenvalue weighted by Gasteiger charge is -2.29. The molecular formula is C25H28N2O5S. The van der Waals surface area contributed by atoms with Crippen LogP contribution in [0.5, 0.6) is 11.5 Å². The molecule has 0 radical (unpaired) electrons. The highest BCUT2D eigenvalue weighted by Crippen LogP contribution is 2.32.